The lowest BCUT2D eigenvalue weighted by Gasteiger charge is -2.09. The summed E-state index contributed by atoms with van der Waals surface area (Å²) in [7, 11) is 0. The molecule has 0 unspecified atom stereocenters. The van der Waals surface area contributed by atoms with Crippen LogP contribution in [-0.4, -0.2) is 18.5 Å². The second-order valence-corrected chi connectivity index (χ2v) is 8.01. The van der Waals surface area contributed by atoms with E-state index >= 15 is 0 Å². The van der Waals surface area contributed by atoms with Crippen molar-refractivity contribution in [3.05, 3.63) is 75.7 Å². The summed E-state index contributed by atoms with van der Waals surface area (Å²) in [6.07, 6.45) is 2.54. The van der Waals surface area contributed by atoms with E-state index in [1.165, 1.54) is 17.4 Å². The smallest absolute Gasteiger partial charge is 0.338 e. The van der Waals surface area contributed by atoms with Gasteiger partial charge in [0.1, 0.15) is 17.3 Å². The highest BCUT2D eigenvalue weighted by Crippen LogP contribution is 2.39. The van der Waals surface area contributed by atoms with Crippen molar-refractivity contribution in [1.82, 2.24) is 0 Å². The Labute approximate surface area is 176 Å². The van der Waals surface area contributed by atoms with Crippen LogP contribution in [0.1, 0.15) is 44.5 Å². The van der Waals surface area contributed by atoms with Crippen molar-refractivity contribution in [1.29, 1.82) is 0 Å². The van der Waals surface area contributed by atoms with E-state index in [1.807, 2.05) is 6.07 Å². The van der Waals surface area contributed by atoms with E-state index < -0.39 is 29.2 Å². The number of carbonyl (C=O) groups excluding carboxylic acids is 2. The second-order valence-electron chi connectivity index (χ2n) is 6.96. The van der Waals surface area contributed by atoms with Crippen LogP contribution < -0.4 is 5.32 Å². The molecule has 1 aliphatic carbocycles. The second kappa shape index (κ2) is 8.36. The van der Waals surface area contributed by atoms with Gasteiger partial charge in [0.25, 0.3) is 5.91 Å². The molecule has 1 heterocycles. The van der Waals surface area contributed by atoms with Gasteiger partial charge in [0.15, 0.2) is 0 Å². The van der Waals surface area contributed by atoms with Crippen LogP contribution in [0.2, 0.25) is 0 Å². The Balaban J connectivity index is 1.69. The largest absolute Gasteiger partial charge is 0.462 e. The van der Waals surface area contributed by atoms with Crippen LogP contribution >= 0.6 is 11.3 Å². The number of hydrogen-bond acceptors (Lipinski definition) is 4. The number of fused-ring (bicyclic) bond motifs is 3. The average molecular weight is 427 g/mol. The van der Waals surface area contributed by atoms with Gasteiger partial charge in [0.05, 0.1) is 17.0 Å². The molecule has 4 nitrogen and oxygen atoms in total. The predicted molar refractivity (Wildman–Crippen MR) is 112 cm³/mol. The van der Waals surface area contributed by atoms with E-state index in [0.29, 0.717) is 10.4 Å². The topological polar surface area (TPSA) is 55.4 Å². The molecule has 0 saturated carbocycles. The molecule has 1 aliphatic rings. The molecule has 0 bridgehead atoms. The van der Waals surface area contributed by atoms with Crippen LogP contribution in [-0.2, 0) is 17.6 Å². The summed E-state index contributed by atoms with van der Waals surface area (Å²) < 4.78 is 32.9. The lowest BCUT2D eigenvalue weighted by atomic mass is 10.0. The number of benzene rings is 2. The van der Waals surface area contributed by atoms with Crippen LogP contribution in [0.25, 0.3) is 10.4 Å². The molecule has 2 aromatic carbocycles. The van der Waals surface area contributed by atoms with E-state index in [-0.39, 0.29) is 6.61 Å². The van der Waals surface area contributed by atoms with E-state index in [2.05, 4.69) is 5.32 Å². The summed E-state index contributed by atoms with van der Waals surface area (Å²) in [6, 6.07) is 10.7. The number of anilines is 1. The number of ether oxygens (including phenoxy) is 1. The highest BCUT2D eigenvalue weighted by molar-refractivity contribution is 7.17. The summed E-state index contributed by atoms with van der Waals surface area (Å²) in [5, 5.41) is 2.34. The van der Waals surface area contributed by atoms with Gasteiger partial charge >= 0.3 is 5.97 Å². The lowest BCUT2D eigenvalue weighted by molar-refractivity contribution is 0.0526. The van der Waals surface area contributed by atoms with Crippen molar-refractivity contribution in [2.24, 2.45) is 0 Å². The fourth-order valence-electron chi connectivity index (χ4n) is 3.56. The first-order chi connectivity index (χ1) is 14.5. The van der Waals surface area contributed by atoms with Gasteiger partial charge < -0.3 is 10.1 Å². The Morgan fingerprint density at radius 1 is 1.07 bits per heavy atom. The first-order valence-corrected chi connectivity index (χ1v) is 10.5. The summed E-state index contributed by atoms with van der Waals surface area (Å²) in [5.41, 5.74) is 2.97. The molecule has 0 spiro atoms. The van der Waals surface area contributed by atoms with Gasteiger partial charge in [-0.3, -0.25) is 4.79 Å². The molecular formula is C23H19F2NO3S. The lowest BCUT2D eigenvalue weighted by Crippen LogP contribution is -2.13. The molecular weight excluding hydrogens is 408 g/mol. The number of nitrogens with one attached hydrogen (secondary N) is 1. The quantitative estimate of drug-likeness (QED) is 0.551. The van der Waals surface area contributed by atoms with Gasteiger partial charge in [-0.05, 0) is 73.2 Å². The zero-order valence-electron chi connectivity index (χ0n) is 16.3. The monoisotopic (exact) mass is 427 g/mol. The Hall–Kier alpha value is -3.06. The van der Waals surface area contributed by atoms with E-state index in [4.69, 9.17) is 4.74 Å². The molecule has 0 aliphatic heterocycles. The van der Waals surface area contributed by atoms with Crippen LogP contribution in [0, 0.1) is 11.6 Å². The molecule has 7 heteroatoms. The molecule has 0 atom stereocenters. The van der Waals surface area contributed by atoms with E-state index in [0.717, 1.165) is 53.0 Å². The minimum absolute atomic E-state index is 0.289. The van der Waals surface area contributed by atoms with Crippen LogP contribution in [0.4, 0.5) is 14.5 Å². The van der Waals surface area contributed by atoms with Crippen molar-refractivity contribution in [3.8, 4) is 10.4 Å². The van der Waals surface area contributed by atoms with Gasteiger partial charge in [0, 0.05) is 4.88 Å². The number of amides is 1. The molecule has 30 heavy (non-hydrogen) atoms. The number of carbonyl (C=O) groups is 2. The van der Waals surface area contributed by atoms with Gasteiger partial charge in [-0.25, -0.2) is 13.6 Å². The highest BCUT2D eigenvalue weighted by atomic mass is 32.1. The molecule has 0 fully saturated rings. The first kappa shape index (κ1) is 20.2. The molecule has 1 aromatic heterocycles. The van der Waals surface area contributed by atoms with Crippen molar-refractivity contribution < 1.29 is 23.1 Å². The number of hydrogen-bond donors (Lipinski definition) is 1. The van der Waals surface area contributed by atoms with Gasteiger partial charge in [-0.15, -0.1) is 11.3 Å². The minimum atomic E-state index is -0.828. The van der Waals surface area contributed by atoms with Gasteiger partial charge in [-0.1, -0.05) is 12.1 Å². The predicted octanol–water partition coefficient (Wildman–Crippen LogP) is 5.61. The number of esters is 1. The van der Waals surface area contributed by atoms with Crippen molar-refractivity contribution in [2.75, 3.05) is 11.9 Å². The summed E-state index contributed by atoms with van der Waals surface area (Å²) in [5.74, 6) is -2.62. The standard InChI is InChI=1S/C23H19F2NO3S/c1-2-29-23(28)15-10-9-13-5-3-6-14-12-19(30-21(14)16(13)11-15)22(27)26-20-17(24)7-4-8-18(20)25/h4,7-12H,2-3,5-6H2,1H3,(H,26,27). The van der Waals surface area contributed by atoms with E-state index in [1.54, 1.807) is 25.1 Å². The third-order valence-corrected chi connectivity index (χ3v) is 6.20. The number of aryl methyl sites for hydroxylation is 2. The third kappa shape index (κ3) is 3.85. The number of halogens is 2. The number of rotatable bonds is 4. The zero-order valence-corrected chi connectivity index (χ0v) is 17.1. The Morgan fingerprint density at radius 2 is 1.80 bits per heavy atom. The number of para-hydroxylation sites is 1. The zero-order chi connectivity index (χ0) is 21.3. The van der Waals surface area contributed by atoms with Gasteiger partial charge in [0.2, 0.25) is 0 Å². The molecule has 0 radical (unpaired) electrons. The minimum Gasteiger partial charge on any atom is -0.462 e. The summed E-state index contributed by atoms with van der Waals surface area (Å²) in [4.78, 5) is 26.1. The maximum atomic E-state index is 13.9. The van der Waals surface area contributed by atoms with Gasteiger partial charge in [-0.2, -0.15) is 0 Å². The number of thiophene rings is 1. The highest BCUT2D eigenvalue weighted by Gasteiger charge is 2.23. The molecule has 3 aromatic rings. The van der Waals surface area contributed by atoms with Crippen molar-refractivity contribution >= 4 is 28.9 Å². The molecule has 154 valence electrons. The Kier molecular flexibility index (Phi) is 5.63. The average Bonchev–Trinajstić information content (AvgIpc) is 3.08. The normalized spacial score (nSPS) is 12.5. The molecule has 1 N–H and O–H groups in total. The Bertz CT molecular complexity index is 1120. The first-order valence-electron chi connectivity index (χ1n) is 9.66. The summed E-state index contributed by atoms with van der Waals surface area (Å²) in [6.45, 7) is 2.04. The third-order valence-electron chi connectivity index (χ3n) is 4.99. The fraction of sp³-hybridized carbons (Fsp3) is 0.217. The summed E-state index contributed by atoms with van der Waals surface area (Å²) >= 11 is 1.26. The van der Waals surface area contributed by atoms with E-state index in [9.17, 15) is 18.4 Å². The Morgan fingerprint density at radius 3 is 2.53 bits per heavy atom. The van der Waals surface area contributed by atoms with Crippen LogP contribution in [0.5, 0.6) is 0 Å². The van der Waals surface area contributed by atoms with Crippen molar-refractivity contribution in [2.45, 2.75) is 26.2 Å². The van der Waals surface area contributed by atoms with Crippen molar-refractivity contribution in [3.63, 3.8) is 0 Å². The molecule has 4 rings (SSSR count). The van der Waals surface area contributed by atoms with Crippen LogP contribution in [0.3, 0.4) is 0 Å². The molecule has 1 amide bonds. The fourth-order valence-corrected chi connectivity index (χ4v) is 4.72. The maximum Gasteiger partial charge on any atom is 0.338 e. The molecule has 0 saturated heterocycles. The SMILES string of the molecule is CCOC(=O)c1ccc2c(c1)-c1sc(C(=O)Nc3c(F)cccc3F)cc1CCC2. The van der Waals surface area contributed by atoms with Crippen LogP contribution in [0.15, 0.2) is 42.5 Å². The maximum absolute atomic E-state index is 13.9.